The smallest absolute Gasteiger partial charge is 0.269 e. The van der Waals surface area contributed by atoms with E-state index in [4.69, 9.17) is 9.84 Å². The summed E-state index contributed by atoms with van der Waals surface area (Å²) >= 11 is 0. The number of halogens is 1. The van der Waals surface area contributed by atoms with Gasteiger partial charge in [0.2, 0.25) is 0 Å². The molecule has 0 aromatic heterocycles. The van der Waals surface area contributed by atoms with E-state index >= 15 is 0 Å². The van der Waals surface area contributed by atoms with Gasteiger partial charge in [-0.05, 0) is 35.4 Å². The van der Waals surface area contributed by atoms with Crippen LogP contribution in [0.1, 0.15) is 11.1 Å². The first-order valence-corrected chi connectivity index (χ1v) is 7.44. The first-order valence-electron chi connectivity index (χ1n) is 7.44. The quantitative estimate of drug-likeness (QED) is 0.454. The van der Waals surface area contributed by atoms with Crippen molar-refractivity contribution in [2.75, 3.05) is 19.9 Å². The van der Waals surface area contributed by atoms with Crippen LogP contribution < -0.4 is 4.74 Å². The van der Waals surface area contributed by atoms with E-state index in [1.807, 2.05) is 24.3 Å². The summed E-state index contributed by atoms with van der Waals surface area (Å²) in [4.78, 5) is 10.2. The average molecular weight is 331 g/mol. The number of rotatable bonds is 8. The lowest BCUT2D eigenvalue weighted by Gasteiger charge is -2.11. The van der Waals surface area contributed by atoms with E-state index in [1.165, 1.54) is 12.1 Å². The number of benzene rings is 2. The number of ether oxygens (including phenoxy) is 1. The second kappa shape index (κ2) is 8.79. The maximum Gasteiger partial charge on any atom is 0.269 e. The second-order valence-electron chi connectivity index (χ2n) is 5.26. The Morgan fingerprint density at radius 2 is 1.62 bits per heavy atom. The Bertz CT molecular complexity index is 679. The molecule has 5 nitrogen and oxygen atoms in total. The zero-order valence-corrected chi connectivity index (χ0v) is 13.0. The Morgan fingerprint density at radius 1 is 1.08 bits per heavy atom. The number of alkyl halides is 1. The fourth-order valence-corrected chi connectivity index (χ4v) is 1.93. The summed E-state index contributed by atoms with van der Waals surface area (Å²) in [7, 11) is 0. The van der Waals surface area contributed by atoms with Gasteiger partial charge in [-0.15, -0.1) is 0 Å². The highest BCUT2D eigenvalue weighted by Gasteiger charge is 2.07. The molecule has 0 fully saturated rings. The number of nitro groups is 1. The van der Waals surface area contributed by atoms with Crippen LogP contribution in [0.25, 0.3) is 12.2 Å². The molecular formula is C18H18FNO4. The van der Waals surface area contributed by atoms with Crippen molar-refractivity contribution in [2.45, 2.75) is 0 Å². The molecule has 1 unspecified atom stereocenters. The van der Waals surface area contributed by atoms with Gasteiger partial charge < -0.3 is 9.84 Å². The summed E-state index contributed by atoms with van der Waals surface area (Å²) in [6, 6.07) is 13.5. The van der Waals surface area contributed by atoms with Gasteiger partial charge >= 0.3 is 0 Å². The van der Waals surface area contributed by atoms with Crippen molar-refractivity contribution in [3.8, 4) is 5.75 Å². The van der Waals surface area contributed by atoms with Gasteiger partial charge in [0.25, 0.3) is 5.69 Å². The molecule has 1 N–H and O–H groups in total. The summed E-state index contributed by atoms with van der Waals surface area (Å²) in [5, 5.41) is 19.5. The molecule has 1 atom stereocenters. The summed E-state index contributed by atoms with van der Waals surface area (Å²) < 4.78 is 17.9. The van der Waals surface area contributed by atoms with Gasteiger partial charge in [-0.2, -0.15) is 0 Å². The predicted molar refractivity (Wildman–Crippen MR) is 90.5 cm³/mol. The third-order valence-corrected chi connectivity index (χ3v) is 3.41. The molecule has 2 rings (SSSR count). The van der Waals surface area contributed by atoms with Crippen LogP contribution in [0.5, 0.6) is 5.75 Å². The van der Waals surface area contributed by atoms with Crippen molar-refractivity contribution < 1.29 is 19.2 Å². The van der Waals surface area contributed by atoms with Crippen molar-refractivity contribution >= 4 is 17.8 Å². The Balaban J connectivity index is 1.94. The Kier molecular flexibility index (Phi) is 6.45. The van der Waals surface area contributed by atoms with Crippen LogP contribution in [-0.2, 0) is 0 Å². The second-order valence-corrected chi connectivity index (χ2v) is 5.26. The summed E-state index contributed by atoms with van der Waals surface area (Å²) in [5.41, 5.74) is 1.85. The maximum absolute atomic E-state index is 12.5. The SMILES string of the molecule is O=[N+]([O-])c1ccc(/C=C/c2ccc(OCC(CO)CF)cc2)cc1. The first-order chi connectivity index (χ1) is 11.6. The molecule has 0 aliphatic carbocycles. The topological polar surface area (TPSA) is 72.6 Å². The minimum atomic E-state index is -0.618. The molecule has 0 amide bonds. The number of non-ortho nitro benzene ring substituents is 1. The maximum atomic E-state index is 12.5. The molecule has 0 saturated carbocycles. The number of nitrogens with zero attached hydrogens (tertiary/aromatic N) is 1. The minimum absolute atomic E-state index is 0.0584. The summed E-state index contributed by atoms with van der Waals surface area (Å²) in [5.74, 6) is 0.0982. The van der Waals surface area contributed by atoms with Gasteiger partial charge in [-0.25, -0.2) is 0 Å². The van der Waals surface area contributed by atoms with Crippen LogP contribution in [0.2, 0.25) is 0 Å². The Morgan fingerprint density at radius 3 is 2.08 bits per heavy atom. The molecule has 0 aliphatic rings. The van der Waals surface area contributed by atoms with Crippen LogP contribution in [-0.4, -0.2) is 29.9 Å². The van der Waals surface area contributed by atoms with E-state index < -0.39 is 17.5 Å². The van der Waals surface area contributed by atoms with Crippen LogP contribution in [0.4, 0.5) is 10.1 Å². The van der Waals surface area contributed by atoms with E-state index in [2.05, 4.69) is 0 Å². The van der Waals surface area contributed by atoms with Gasteiger partial charge in [-0.1, -0.05) is 24.3 Å². The van der Waals surface area contributed by atoms with Crippen LogP contribution in [0.15, 0.2) is 48.5 Å². The van der Waals surface area contributed by atoms with Crippen molar-refractivity contribution in [1.82, 2.24) is 0 Å². The highest BCUT2D eigenvalue weighted by Crippen LogP contribution is 2.17. The Labute approximate surface area is 139 Å². The average Bonchev–Trinajstić information content (AvgIpc) is 2.62. The van der Waals surface area contributed by atoms with Gasteiger partial charge in [0.15, 0.2) is 0 Å². The normalized spacial score (nSPS) is 12.2. The van der Waals surface area contributed by atoms with E-state index in [9.17, 15) is 14.5 Å². The molecule has 2 aromatic rings. The predicted octanol–water partition coefficient (Wildman–Crippen LogP) is 3.72. The molecule has 0 spiro atoms. The molecule has 6 heteroatoms. The fraction of sp³-hybridized carbons (Fsp3) is 0.222. The standard InChI is InChI=1S/C18H18FNO4/c19-11-16(12-21)13-24-18-9-5-15(6-10-18)2-1-14-3-7-17(8-4-14)20(22)23/h1-10,16,21H,11-13H2/b2-1+. The number of hydrogen-bond donors (Lipinski definition) is 1. The van der Waals surface area contributed by atoms with E-state index in [0.717, 1.165) is 11.1 Å². The van der Waals surface area contributed by atoms with Gasteiger partial charge in [0.1, 0.15) is 5.75 Å². The highest BCUT2D eigenvalue weighted by molar-refractivity contribution is 5.70. The largest absolute Gasteiger partial charge is 0.493 e. The molecule has 0 aliphatic heterocycles. The first kappa shape index (κ1) is 17.6. The van der Waals surface area contributed by atoms with Crippen molar-refractivity contribution in [3.05, 3.63) is 69.8 Å². The Hall–Kier alpha value is -2.73. The third kappa shape index (κ3) is 5.17. The van der Waals surface area contributed by atoms with Crippen molar-refractivity contribution in [1.29, 1.82) is 0 Å². The lowest BCUT2D eigenvalue weighted by atomic mass is 10.1. The molecule has 0 bridgehead atoms. The van der Waals surface area contributed by atoms with Crippen LogP contribution in [0.3, 0.4) is 0 Å². The van der Waals surface area contributed by atoms with Gasteiger partial charge in [-0.3, -0.25) is 14.5 Å². The number of aliphatic hydroxyl groups is 1. The third-order valence-electron chi connectivity index (χ3n) is 3.41. The van der Waals surface area contributed by atoms with E-state index in [1.54, 1.807) is 24.3 Å². The monoisotopic (exact) mass is 331 g/mol. The fourth-order valence-electron chi connectivity index (χ4n) is 1.93. The van der Waals surface area contributed by atoms with Crippen LogP contribution in [0, 0.1) is 16.0 Å². The molecule has 0 saturated heterocycles. The molecule has 0 heterocycles. The van der Waals surface area contributed by atoms with Gasteiger partial charge in [0, 0.05) is 18.1 Å². The number of nitro benzene ring substituents is 1. The number of aliphatic hydroxyl groups excluding tert-OH is 1. The molecule has 2 aromatic carbocycles. The lowest BCUT2D eigenvalue weighted by Crippen LogP contribution is -2.17. The van der Waals surface area contributed by atoms with Gasteiger partial charge in [0.05, 0.1) is 24.8 Å². The zero-order chi connectivity index (χ0) is 17.4. The highest BCUT2D eigenvalue weighted by atomic mass is 19.1. The molecule has 24 heavy (non-hydrogen) atoms. The zero-order valence-electron chi connectivity index (χ0n) is 13.0. The van der Waals surface area contributed by atoms with Crippen LogP contribution >= 0.6 is 0 Å². The van der Waals surface area contributed by atoms with Crippen molar-refractivity contribution in [3.63, 3.8) is 0 Å². The molecular weight excluding hydrogens is 313 g/mol. The minimum Gasteiger partial charge on any atom is -0.493 e. The van der Waals surface area contributed by atoms with E-state index in [0.29, 0.717) is 5.75 Å². The van der Waals surface area contributed by atoms with Crippen molar-refractivity contribution in [2.24, 2.45) is 5.92 Å². The number of hydrogen-bond acceptors (Lipinski definition) is 4. The molecule has 0 radical (unpaired) electrons. The molecule has 126 valence electrons. The lowest BCUT2D eigenvalue weighted by molar-refractivity contribution is -0.384. The summed E-state index contributed by atoms with van der Waals surface area (Å²) in [6.45, 7) is -0.732. The summed E-state index contributed by atoms with van der Waals surface area (Å²) in [6.07, 6.45) is 3.73. The van der Waals surface area contributed by atoms with E-state index in [-0.39, 0.29) is 18.9 Å².